The zero-order valence-electron chi connectivity index (χ0n) is 13.3. The van der Waals surface area contributed by atoms with Gasteiger partial charge in [0.15, 0.2) is 0 Å². The molecule has 0 aromatic carbocycles. The molecule has 0 heterocycles. The third-order valence-corrected chi connectivity index (χ3v) is 2.41. The molecule has 0 amide bonds. The summed E-state index contributed by atoms with van der Waals surface area (Å²) in [7, 11) is 0. The van der Waals surface area contributed by atoms with Crippen LogP contribution >= 0.6 is 0 Å². The number of allylic oxidation sites excluding steroid dienone is 2. The van der Waals surface area contributed by atoms with Gasteiger partial charge in [0.05, 0.1) is 12.5 Å². The van der Waals surface area contributed by atoms with Gasteiger partial charge in [-0.1, -0.05) is 48.5 Å². The maximum atomic E-state index is 5.72. The fourth-order valence-corrected chi connectivity index (χ4v) is 0.959. The summed E-state index contributed by atoms with van der Waals surface area (Å²) < 4.78 is 11.4. The first kappa shape index (κ1) is 17.1. The lowest BCUT2D eigenvalue weighted by atomic mass is 9.97. The normalized spacial score (nSPS) is 17.1. The van der Waals surface area contributed by atoms with Gasteiger partial charge in [0.1, 0.15) is 0 Å². The molecule has 0 radical (unpaired) electrons. The van der Waals surface area contributed by atoms with Crippen molar-refractivity contribution in [3.05, 3.63) is 24.7 Å². The highest BCUT2D eigenvalue weighted by molar-refractivity contribution is 4.90. The topological polar surface area (TPSA) is 18.5 Å². The van der Waals surface area contributed by atoms with E-state index in [4.69, 9.17) is 9.47 Å². The first-order valence-electron chi connectivity index (χ1n) is 6.68. The molecule has 0 aliphatic heterocycles. The van der Waals surface area contributed by atoms with Gasteiger partial charge in [-0.25, -0.2) is 0 Å². The molecule has 0 atom stereocenters. The first-order valence-corrected chi connectivity index (χ1v) is 6.68. The Morgan fingerprint density at radius 1 is 0.722 bits per heavy atom. The molecule has 0 rings (SSSR count). The van der Waals surface area contributed by atoms with Gasteiger partial charge in [-0.2, -0.15) is 0 Å². The summed E-state index contributed by atoms with van der Waals surface area (Å²) in [4.78, 5) is 0. The highest BCUT2D eigenvalue weighted by Gasteiger charge is 2.23. The molecule has 0 unspecified atom stereocenters. The van der Waals surface area contributed by atoms with E-state index >= 15 is 0 Å². The van der Waals surface area contributed by atoms with Crippen molar-refractivity contribution in [2.45, 2.75) is 67.6 Å². The van der Waals surface area contributed by atoms with Crippen molar-refractivity contribution in [2.24, 2.45) is 10.8 Å². The SMILES string of the molecule is CCC(C)(OC=CC(C)(C)C)OC=CC(C)(C)C. The molecule has 0 fully saturated rings. The summed E-state index contributed by atoms with van der Waals surface area (Å²) in [5, 5.41) is 0. The predicted octanol–water partition coefficient (Wildman–Crippen LogP) is 5.27. The smallest absolute Gasteiger partial charge is 0.246 e. The molecule has 0 aliphatic carbocycles. The fourth-order valence-electron chi connectivity index (χ4n) is 0.959. The summed E-state index contributed by atoms with van der Waals surface area (Å²) in [6.07, 6.45) is 8.36. The van der Waals surface area contributed by atoms with Crippen molar-refractivity contribution in [3.63, 3.8) is 0 Å². The summed E-state index contributed by atoms with van der Waals surface area (Å²) >= 11 is 0. The highest BCUT2D eigenvalue weighted by atomic mass is 16.7. The molecule has 0 aromatic heterocycles. The monoisotopic (exact) mass is 254 g/mol. The van der Waals surface area contributed by atoms with Crippen molar-refractivity contribution < 1.29 is 9.47 Å². The van der Waals surface area contributed by atoms with E-state index < -0.39 is 5.79 Å². The van der Waals surface area contributed by atoms with Gasteiger partial charge in [0.2, 0.25) is 5.79 Å². The van der Waals surface area contributed by atoms with E-state index in [2.05, 4.69) is 48.5 Å². The van der Waals surface area contributed by atoms with Crippen molar-refractivity contribution in [2.75, 3.05) is 0 Å². The Labute approximate surface area is 113 Å². The minimum Gasteiger partial charge on any atom is -0.461 e. The standard InChI is InChI=1S/C16H30O2/c1-9-16(8,17-12-10-14(2,3)4)18-13-11-15(5,6)7/h10-13H,9H2,1-8H3. The lowest BCUT2D eigenvalue weighted by Crippen LogP contribution is -2.27. The summed E-state index contributed by atoms with van der Waals surface area (Å²) in [6.45, 7) is 16.8. The molecule has 0 spiro atoms. The third kappa shape index (κ3) is 9.15. The molecule has 2 heteroatoms. The number of ether oxygens (including phenoxy) is 2. The van der Waals surface area contributed by atoms with Gasteiger partial charge in [0, 0.05) is 13.3 Å². The van der Waals surface area contributed by atoms with Gasteiger partial charge in [-0.15, -0.1) is 0 Å². The van der Waals surface area contributed by atoms with Gasteiger partial charge >= 0.3 is 0 Å². The average Bonchev–Trinajstić information content (AvgIpc) is 2.13. The molecular weight excluding hydrogens is 224 g/mol. The van der Waals surface area contributed by atoms with Crippen LogP contribution in [0.2, 0.25) is 0 Å². The Balaban J connectivity index is 4.45. The molecule has 2 nitrogen and oxygen atoms in total. The first-order chi connectivity index (χ1) is 7.97. The lowest BCUT2D eigenvalue weighted by molar-refractivity contribution is -0.160. The molecule has 106 valence electrons. The lowest BCUT2D eigenvalue weighted by Gasteiger charge is -2.27. The molecule has 0 aromatic rings. The van der Waals surface area contributed by atoms with E-state index in [1.54, 1.807) is 12.5 Å². The highest BCUT2D eigenvalue weighted by Crippen LogP contribution is 2.22. The largest absolute Gasteiger partial charge is 0.461 e. The molecule has 0 aliphatic rings. The van der Waals surface area contributed by atoms with Crippen LogP contribution in [0.1, 0.15) is 61.8 Å². The molecule has 0 N–H and O–H groups in total. The van der Waals surface area contributed by atoms with Crippen LogP contribution in [0.5, 0.6) is 0 Å². The minimum atomic E-state index is -0.594. The summed E-state index contributed by atoms with van der Waals surface area (Å²) in [5.41, 5.74) is 0.242. The zero-order chi connectivity index (χ0) is 14.4. The zero-order valence-corrected chi connectivity index (χ0v) is 13.3. The Bertz CT molecular complexity index is 261. The van der Waals surface area contributed by atoms with Crippen LogP contribution < -0.4 is 0 Å². The van der Waals surface area contributed by atoms with Crippen molar-refractivity contribution in [1.29, 1.82) is 0 Å². The molecule has 18 heavy (non-hydrogen) atoms. The summed E-state index contributed by atoms with van der Waals surface area (Å²) in [5.74, 6) is -0.594. The van der Waals surface area contributed by atoms with Crippen LogP contribution in [0.25, 0.3) is 0 Å². The van der Waals surface area contributed by atoms with Crippen LogP contribution in [-0.2, 0) is 9.47 Å². The summed E-state index contributed by atoms with van der Waals surface area (Å²) in [6, 6.07) is 0. The van der Waals surface area contributed by atoms with Crippen LogP contribution in [-0.4, -0.2) is 5.79 Å². The Hall–Kier alpha value is -0.920. The molecular formula is C16H30O2. The van der Waals surface area contributed by atoms with Crippen molar-refractivity contribution >= 4 is 0 Å². The van der Waals surface area contributed by atoms with Crippen LogP contribution in [0.3, 0.4) is 0 Å². The van der Waals surface area contributed by atoms with Gasteiger partial charge in [-0.3, -0.25) is 0 Å². The maximum absolute atomic E-state index is 5.72. The number of hydrogen-bond acceptors (Lipinski definition) is 2. The number of hydrogen-bond donors (Lipinski definition) is 0. The van der Waals surface area contributed by atoms with Gasteiger partial charge in [0.25, 0.3) is 0 Å². The predicted molar refractivity (Wildman–Crippen MR) is 78.1 cm³/mol. The maximum Gasteiger partial charge on any atom is 0.246 e. The van der Waals surface area contributed by atoms with E-state index in [-0.39, 0.29) is 10.8 Å². The third-order valence-electron chi connectivity index (χ3n) is 2.41. The van der Waals surface area contributed by atoms with E-state index in [0.717, 1.165) is 6.42 Å². The van der Waals surface area contributed by atoms with Gasteiger partial charge in [-0.05, 0) is 23.0 Å². The van der Waals surface area contributed by atoms with Crippen LogP contribution in [0.15, 0.2) is 24.7 Å². The molecule has 0 saturated carbocycles. The van der Waals surface area contributed by atoms with Gasteiger partial charge < -0.3 is 9.47 Å². The van der Waals surface area contributed by atoms with Crippen molar-refractivity contribution in [3.8, 4) is 0 Å². The minimum absolute atomic E-state index is 0.121. The Kier molecular flexibility index (Phi) is 5.98. The van der Waals surface area contributed by atoms with Crippen LogP contribution in [0, 0.1) is 10.8 Å². The second-order valence-electron chi connectivity index (χ2n) is 7.06. The molecule has 0 saturated heterocycles. The quantitative estimate of drug-likeness (QED) is 0.492. The van der Waals surface area contributed by atoms with E-state index in [1.165, 1.54) is 0 Å². The number of rotatable bonds is 5. The van der Waals surface area contributed by atoms with Crippen LogP contribution in [0.4, 0.5) is 0 Å². The second-order valence-corrected chi connectivity index (χ2v) is 7.06. The molecule has 0 bridgehead atoms. The van der Waals surface area contributed by atoms with E-state index in [0.29, 0.717) is 0 Å². The van der Waals surface area contributed by atoms with E-state index in [9.17, 15) is 0 Å². The Morgan fingerprint density at radius 3 is 1.28 bits per heavy atom. The van der Waals surface area contributed by atoms with Crippen molar-refractivity contribution in [1.82, 2.24) is 0 Å². The average molecular weight is 254 g/mol. The Morgan fingerprint density at radius 2 is 1.06 bits per heavy atom. The second kappa shape index (κ2) is 6.31. The van der Waals surface area contributed by atoms with E-state index in [1.807, 2.05) is 19.1 Å². The fraction of sp³-hybridized carbons (Fsp3) is 0.750.